The molecule has 0 bridgehead atoms. The molecule has 68 valence electrons. The largest absolute Gasteiger partial charge is 0.319 e. The topological polar surface area (TPSA) is 12.0 Å². The lowest BCUT2D eigenvalue weighted by Gasteiger charge is -2.09. The van der Waals surface area contributed by atoms with Gasteiger partial charge in [-0.1, -0.05) is 17.7 Å². The molecular weight excluding hydrogens is 146 g/mol. The highest BCUT2D eigenvalue weighted by molar-refractivity contribution is 5.30. The van der Waals surface area contributed by atoms with Gasteiger partial charge in [0.05, 0.1) is 0 Å². The van der Waals surface area contributed by atoms with Crippen molar-refractivity contribution in [1.29, 1.82) is 0 Å². The van der Waals surface area contributed by atoms with Gasteiger partial charge in [-0.3, -0.25) is 0 Å². The molecule has 12 heavy (non-hydrogen) atoms. The molecule has 0 amide bonds. The highest BCUT2D eigenvalue weighted by Crippen LogP contribution is 2.31. The van der Waals surface area contributed by atoms with Gasteiger partial charge in [0.25, 0.3) is 0 Å². The Labute approximate surface area is 75.6 Å². The molecule has 1 nitrogen and oxygen atoms in total. The maximum Gasteiger partial charge on any atom is 0.00141 e. The van der Waals surface area contributed by atoms with Crippen molar-refractivity contribution >= 4 is 0 Å². The Kier molecular flexibility index (Phi) is 3.54. The summed E-state index contributed by atoms with van der Waals surface area (Å²) in [6, 6.07) is 0. The Morgan fingerprint density at radius 2 is 2.33 bits per heavy atom. The number of nitrogens with one attached hydrogen (secondary N) is 1. The summed E-state index contributed by atoms with van der Waals surface area (Å²) in [5.74, 6) is 0.779. The van der Waals surface area contributed by atoms with E-state index in [9.17, 15) is 0 Å². The van der Waals surface area contributed by atoms with Crippen molar-refractivity contribution in [2.75, 3.05) is 13.6 Å². The molecule has 0 spiro atoms. The van der Waals surface area contributed by atoms with E-state index in [0.717, 1.165) is 12.5 Å². The van der Waals surface area contributed by atoms with Crippen LogP contribution in [0.15, 0.2) is 23.3 Å². The second-order valence-electron chi connectivity index (χ2n) is 3.50. The highest BCUT2D eigenvalue weighted by atomic mass is 14.8. The van der Waals surface area contributed by atoms with Crippen LogP contribution in [-0.2, 0) is 0 Å². The highest BCUT2D eigenvalue weighted by Gasteiger charge is 2.19. The number of hydrogen-bond donors (Lipinski definition) is 1. The predicted octanol–water partition coefficient (Wildman–Crippen LogP) is 2.51. The monoisotopic (exact) mass is 165 g/mol. The van der Waals surface area contributed by atoms with Gasteiger partial charge in [-0.15, -0.1) is 0 Å². The van der Waals surface area contributed by atoms with Gasteiger partial charge < -0.3 is 5.32 Å². The van der Waals surface area contributed by atoms with Crippen LogP contribution >= 0.6 is 0 Å². The van der Waals surface area contributed by atoms with Crippen molar-refractivity contribution in [3.8, 4) is 0 Å². The Balaban J connectivity index is 2.63. The van der Waals surface area contributed by atoms with E-state index in [0.29, 0.717) is 0 Å². The Morgan fingerprint density at radius 1 is 1.58 bits per heavy atom. The Hall–Kier alpha value is -0.560. The second kappa shape index (κ2) is 4.46. The van der Waals surface area contributed by atoms with Crippen molar-refractivity contribution < 1.29 is 0 Å². The average molecular weight is 165 g/mol. The molecular formula is C11H19N. The van der Waals surface area contributed by atoms with Gasteiger partial charge in [-0.05, 0) is 45.2 Å². The predicted molar refractivity (Wildman–Crippen MR) is 54.2 cm³/mol. The minimum Gasteiger partial charge on any atom is -0.319 e. The third-order valence-corrected chi connectivity index (χ3v) is 2.70. The van der Waals surface area contributed by atoms with Crippen molar-refractivity contribution in [2.24, 2.45) is 5.92 Å². The average Bonchev–Trinajstić information content (AvgIpc) is 2.38. The lowest BCUT2D eigenvalue weighted by molar-refractivity contribution is 0.563. The van der Waals surface area contributed by atoms with Gasteiger partial charge in [0.2, 0.25) is 0 Å². The second-order valence-corrected chi connectivity index (χ2v) is 3.50. The summed E-state index contributed by atoms with van der Waals surface area (Å²) in [5, 5.41) is 3.24. The summed E-state index contributed by atoms with van der Waals surface area (Å²) in [5.41, 5.74) is 3.14. The summed E-state index contributed by atoms with van der Waals surface area (Å²) in [4.78, 5) is 0. The van der Waals surface area contributed by atoms with Gasteiger partial charge in [-0.25, -0.2) is 0 Å². The molecule has 1 aliphatic rings. The zero-order chi connectivity index (χ0) is 8.97. The molecule has 0 aromatic carbocycles. The van der Waals surface area contributed by atoms with Crippen LogP contribution in [0.2, 0.25) is 0 Å². The van der Waals surface area contributed by atoms with Gasteiger partial charge in [0.15, 0.2) is 0 Å². The fourth-order valence-electron chi connectivity index (χ4n) is 1.92. The molecule has 1 N–H and O–H groups in total. The van der Waals surface area contributed by atoms with Crippen LogP contribution in [0, 0.1) is 5.92 Å². The summed E-state index contributed by atoms with van der Waals surface area (Å²) < 4.78 is 0. The molecule has 0 saturated heterocycles. The summed E-state index contributed by atoms with van der Waals surface area (Å²) in [7, 11) is 2.03. The van der Waals surface area contributed by atoms with E-state index in [4.69, 9.17) is 0 Å². The van der Waals surface area contributed by atoms with Gasteiger partial charge in [-0.2, -0.15) is 0 Å². The standard InChI is InChI=1S/C11H19N/c1-4-5-10-6-7-11(8-12-3)9(10)2/h4-5,11-12H,6-8H2,1-3H3/b5-4-/t11-/m1/s1. The van der Waals surface area contributed by atoms with Gasteiger partial charge >= 0.3 is 0 Å². The molecule has 0 unspecified atom stereocenters. The van der Waals surface area contributed by atoms with E-state index in [1.807, 2.05) is 7.05 Å². The lowest BCUT2D eigenvalue weighted by Crippen LogP contribution is -2.17. The van der Waals surface area contributed by atoms with E-state index in [1.54, 1.807) is 11.1 Å². The van der Waals surface area contributed by atoms with Crippen LogP contribution in [0.5, 0.6) is 0 Å². The normalized spacial score (nSPS) is 24.4. The fourth-order valence-corrected chi connectivity index (χ4v) is 1.92. The van der Waals surface area contributed by atoms with Crippen molar-refractivity contribution in [2.45, 2.75) is 26.7 Å². The van der Waals surface area contributed by atoms with Crippen molar-refractivity contribution in [1.82, 2.24) is 5.32 Å². The van der Waals surface area contributed by atoms with Crippen LogP contribution in [0.3, 0.4) is 0 Å². The first-order chi connectivity index (χ1) is 5.79. The quantitative estimate of drug-likeness (QED) is 0.677. The van der Waals surface area contributed by atoms with E-state index >= 15 is 0 Å². The van der Waals surface area contributed by atoms with Gasteiger partial charge in [0.1, 0.15) is 0 Å². The number of hydrogen-bond acceptors (Lipinski definition) is 1. The lowest BCUT2D eigenvalue weighted by atomic mass is 10.0. The van der Waals surface area contributed by atoms with Crippen LogP contribution in [-0.4, -0.2) is 13.6 Å². The van der Waals surface area contributed by atoms with Crippen LogP contribution in [0.25, 0.3) is 0 Å². The zero-order valence-electron chi connectivity index (χ0n) is 8.35. The zero-order valence-corrected chi connectivity index (χ0v) is 8.35. The van der Waals surface area contributed by atoms with Crippen LogP contribution in [0.4, 0.5) is 0 Å². The molecule has 0 saturated carbocycles. The van der Waals surface area contributed by atoms with E-state index < -0.39 is 0 Å². The SMILES string of the molecule is C/C=C\C1=C(C)[C@@H](CNC)CC1. The summed E-state index contributed by atoms with van der Waals surface area (Å²) in [6.45, 7) is 5.49. The van der Waals surface area contributed by atoms with Gasteiger partial charge in [0, 0.05) is 6.54 Å². The molecule has 0 fully saturated rings. The molecule has 1 heteroatoms. The molecule has 0 aliphatic heterocycles. The molecule has 1 aliphatic carbocycles. The van der Waals surface area contributed by atoms with Crippen molar-refractivity contribution in [3.05, 3.63) is 23.3 Å². The Morgan fingerprint density at radius 3 is 2.92 bits per heavy atom. The summed E-state index contributed by atoms with van der Waals surface area (Å²) in [6.07, 6.45) is 6.99. The van der Waals surface area contributed by atoms with E-state index in [-0.39, 0.29) is 0 Å². The molecule has 0 heterocycles. The smallest absolute Gasteiger partial charge is 0.00141 e. The summed E-state index contributed by atoms with van der Waals surface area (Å²) >= 11 is 0. The number of rotatable bonds is 3. The third kappa shape index (κ3) is 1.98. The third-order valence-electron chi connectivity index (χ3n) is 2.70. The van der Waals surface area contributed by atoms with Crippen LogP contribution < -0.4 is 5.32 Å². The maximum absolute atomic E-state index is 3.24. The number of allylic oxidation sites excluding steroid dienone is 3. The van der Waals surface area contributed by atoms with Crippen molar-refractivity contribution in [3.63, 3.8) is 0 Å². The molecule has 0 aromatic heterocycles. The minimum absolute atomic E-state index is 0.779. The van der Waals surface area contributed by atoms with E-state index in [1.165, 1.54) is 12.8 Å². The maximum atomic E-state index is 3.24. The van der Waals surface area contributed by atoms with E-state index in [2.05, 4.69) is 31.3 Å². The molecule has 1 rings (SSSR count). The minimum atomic E-state index is 0.779. The van der Waals surface area contributed by atoms with Crippen LogP contribution in [0.1, 0.15) is 26.7 Å². The Bertz CT molecular complexity index is 201. The first kappa shape index (κ1) is 9.53. The first-order valence-electron chi connectivity index (χ1n) is 4.76. The molecule has 0 radical (unpaired) electrons. The molecule has 0 aromatic rings. The molecule has 1 atom stereocenters. The fraction of sp³-hybridized carbons (Fsp3) is 0.636. The first-order valence-corrected chi connectivity index (χ1v) is 4.76.